The molecule has 0 atom stereocenters. The Labute approximate surface area is 95.2 Å². The van der Waals surface area contributed by atoms with Gasteiger partial charge < -0.3 is 11.3 Å². The monoisotopic (exact) mass is 257 g/mol. The molecule has 4 heteroatoms. The molecule has 0 aromatic carbocycles. The van der Waals surface area contributed by atoms with E-state index in [1.165, 1.54) is 19.9 Å². The molecule has 0 aliphatic rings. The summed E-state index contributed by atoms with van der Waals surface area (Å²) in [6.45, 7) is 2.85. The van der Waals surface area contributed by atoms with Crippen molar-refractivity contribution in [3.63, 3.8) is 0 Å². The molecule has 0 bridgehead atoms. The van der Waals surface area contributed by atoms with Crippen molar-refractivity contribution in [1.29, 1.82) is 0 Å². The minimum absolute atomic E-state index is 0. The first-order valence-electron chi connectivity index (χ1n) is 2.01. The SMILES string of the molecule is CC(=O)/C=C(/C)O.N.[BaH2]. The van der Waals surface area contributed by atoms with Crippen molar-refractivity contribution >= 4 is 54.7 Å². The Morgan fingerprint density at radius 3 is 1.78 bits per heavy atom. The van der Waals surface area contributed by atoms with Crippen LogP contribution in [0.1, 0.15) is 13.8 Å². The molecule has 9 heavy (non-hydrogen) atoms. The van der Waals surface area contributed by atoms with Gasteiger partial charge in [-0.2, -0.15) is 0 Å². The maximum absolute atomic E-state index is 10.0. The van der Waals surface area contributed by atoms with Gasteiger partial charge in [-0.1, -0.05) is 0 Å². The van der Waals surface area contributed by atoms with E-state index >= 15 is 0 Å². The zero-order chi connectivity index (χ0) is 5.86. The summed E-state index contributed by atoms with van der Waals surface area (Å²) in [4.78, 5) is 10.0. The van der Waals surface area contributed by atoms with Crippen LogP contribution in [-0.2, 0) is 4.79 Å². The topological polar surface area (TPSA) is 72.3 Å². The van der Waals surface area contributed by atoms with E-state index in [2.05, 4.69) is 0 Å². The van der Waals surface area contributed by atoms with Crippen molar-refractivity contribution in [1.82, 2.24) is 6.15 Å². The molecule has 0 aromatic heterocycles. The Bertz CT molecular complexity index is 108. The number of aliphatic hydroxyl groups excluding tert-OH is 1. The van der Waals surface area contributed by atoms with Crippen LogP contribution in [0.25, 0.3) is 0 Å². The van der Waals surface area contributed by atoms with Crippen LogP contribution in [-0.4, -0.2) is 59.8 Å². The zero-order valence-electron chi connectivity index (χ0n) is 5.14. The second-order valence-electron chi connectivity index (χ2n) is 1.40. The van der Waals surface area contributed by atoms with Gasteiger partial charge in [-0.05, 0) is 13.8 Å². The number of carbonyl (C=O) groups excluding carboxylic acids is 1. The van der Waals surface area contributed by atoms with Gasteiger partial charge in [0.05, 0.1) is 5.76 Å². The average molecular weight is 256 g/mol. The fraction of sp³-hybridized carbons (Fsp3) is 0.400. The summed E-state index contributed by atoms with van der Waals surface area (Å²) in [6.07, 6.45) is 1.17. The first kappa shape index (κ1) is 16.4. The molecule has 0 aromatic rings. The van der Waals surface area contributed by atoms with Crippen LogP contribution in [0, 0.1) is 0 Å². The molecule has 0 saturated heterocycles. The second kappa shape index (κ2) is 8.74. The molecule has 0 aliphatic carbocycles. The number of carbonyl (C=O) groups is 1. The summed E-state index contributed by atoms with van der Waals surface area (Å²) < 4.78 is 0. The second-order valence-corrected chi connectivity index (χ2v) is 1.40. The number of ketones is 1. The molecule has 0 aliphatic heterocycles. The average Bonchev–Trinajstić information content (AvgIpc) is 1.27. The maximum atomic E-state index is 10.0. The van der Waals surface area contributed by atoms with Gasteiger partial charge in [0.15, 0.2) is 5.78 Å². The number of hydrogen-bond donors (Lipinski definition) is 2. The van der Waals surface area contributed by atoms with Crippen LogP contribution >= 0.6 is 0 Å². The molecule has 0 amide bonds. The number of hydrogen-bond acceptors (Lipinski definition) is 3. The van der Waals surface area contributed by atoms with Crippen LogP contribution in [0.3, 0.4) is 0 Å². The van der Waals surface area contributed by atoms with E-state index in [9.17, 15) is 4.79 Å². The molecule has 0 unspecified atom stereocenters. The Hall–Kier alpha value is 0.741. The minimum atomic E-state index is -0.125. The number of allylic oxidation sites excluding steroid dienone is 2. The van der Waals surface area contributed by atoms with Crippen LogP contribution < -0.4 is 6.15 Å². The normalized spacial score (nSPS) is 8.89. The van der Waals surface area contributed by atoms with E-state index < -0.39 is 0 Å². The summed E-state index contributed by atoms with van der Waals surface area (Å²) in [7, 11) is 0. The fourth-order valence-corrected chi connectivity index (χ4v) is 0.294. The van der Waals surface area contributed by atoms with Gasteiger partial charge in [-0.3, -0.25) is 4.79 Å². The molecule has 0 spiro atoms. The summed E-state index contributed by atoms with van der Waals surface area (Å²) >= 11 is 0. The van der Waals surface area contributed by atoms with Crippen molar-refractivity contribution in [2.24, 2.45) is 0 Å². The zero-order valence-corrected chi connectivity index (χ0v) is 5.14. The molecule has 3 nitrogen and oxygen atoms in total. The van der Waals surface area contributed by atoms with Gasteiger partial charge in [-0.15, -0.1) is 0 Å². The van der Waals surface area contributed by atoms with Crippen LogP contribution in [0.5, 0.6) is 0 Å². The van der Waals surface area contributed by atoms with E-state index in [4.69, 9.17) is 5.11 Å². The van der Waals surface area contributed by atoms with E-state index in [1.807, 2.05) is 0 Å². The van der Waals surface area contributed by atoms with Crippen LogP contribution in [0.2, 0.25) is 0 Å². The standard InChI is InChI=1S/C5H8O2.Ba.H3N.2H/c1-4(6)3-5(2)7;;;;/h3,6H,1-2H3;;1H3;;/b4-3-;;;;. The summed E-state index contributed by atoms with van der Waals surface area (Å²) in [5.41, 5.74) is 0. The fourth-order valence-electron chi connectivity index (χ4n) is 0.294. The van der Waals surface area contributed by atoms with Crippen LogP contribution in [0.15, 0.2) is 11.8 Å². The molecule has 0 saturated carbocycles. The van der Waals surface area contributed by atoms with E-state index in [0.29, 0.717) is 0 Å². The molecule has 0 heterocycles. The van der Waals surface area contributed by atoms with Crippen molar-refractivity contribution in [3.05, 3.63) is 11.8 Å². The predicted octanol–water partition coefficient (Wildman–Crippen LogP) is 0.283. The van der Waals surface area contributed by atoms with Crippen molar-refractivity contribution in [3.8, 4) is 0 Å². The quantitative estimate of drug-likeness (QED) is 0.402. The van der Waals surface area contributed by atoms with E-state index in [1.54, 1.807) is 0 Å². The molecule has 52 valence electrons. The van der Waals surface area contributed by atoms with Gasteiger partial charge >= 0.3 is 48.9 Å². The summed E-state index contributed by atoms with van der Waals surface area (Å²) in [6, 6.07) is 0. The van der Waals surface area contributed by atoms with Crippen molar-refractivity contribution < 1.29 is 9.90 Å². The molecular formula is C5H13BaNO2. The Kier molecular flexibility index (Phi) is 15.9. The first-order valence-corrected chi connectivity index (χ1v) is 2.01. The predicted molar refractivity (Wildman–Crippen MR) is 40.6 cm³/mol. The Balaban J connectivity index is -0.000000180. The third-order valence-electron chi connectivity index (χ3n) is 0.412. The Morgan fingerprint density at radius 1 is 1.44 bits per heavy atom. The van der Waals surface area contributed by atoms with E-state index in [0.717, 1.165) is 0 Å². The van der Waals surface area contributed by atoms with Gasteiger partial charge in [0, 0.05) is 6.08 Å². The number of aliphatic hydroxyl groups is 1. The van der Waals surface area contributed by atoms with Crippen molar-refractivity contribution in [2.45, 2.75) is 13.8 Å². The van der Waals surface area contributed by atoms with Gasteiger partial charge in [0.25, 0.3) is 0 Å². The first-order chi connectivity index (χ1) is 3.13. The van der Waals surface area contributed by atoms with Gasteiger partial charge in [-0.25, -0.2) is 0 Å². The molecule has 0 radical (unpaired) electrons. The molecule has 4 N–H and O–H groups in total. The summed E-state index contributed by atoms with van der Waals surface area (Å²) in [5.74, 6) is -0.0625. The molecule has 0 fully saturated rings. The third-order valence-corrected chi connectivity index (χ3v) is 0.412. The van der Waals surface area contributed by atoms with Gasteiger partial charge in [0.2, 0.25) is 0 Å². The van der Waals surface area contributed by atoms with E-state index in [-0.39, 0.29) is 66.6 Å². The number of rotatable bonds is 1. The Morgan fingerprint density at radius 2 is 1.78 bits per heavy atom. The summed E-state index contributed by atoms with van der Waals surface area (Å²) in [5, 5.41) is 8.36. The van der Waals surface area contributed by atoms with Crippen molar-refractivity contribution in [2.75, 3.05) is 0 Å². The molecule has 0 rings (SSSR count). The third kappa shape index (κ3) is 17.7. The van der Waals surface area contributed by atoms with Crippen LogP contribution in [0.4, 0.5) is 0 Å². The van der Waals surface area contributed by atoms with Gasteiger partial charge in [0.1, 0.15) is 0 Å². The molecular weight excluding hydrogens is 243 g/mol.